The first-order chi connectivity index (χ1) is 6.16. The molecule has 1 unspecified atom stereocenters. The van der Waals surface area contributed by atoms with E-state index < -0.39 is 0 Å². The number of aliphatic hydroxyl groups excluding tert-OH is 1. The van der Waals surface area contributed by atoms with E-state index >= 15 is 0 Å². The highest BCUT2D eigenvalue weighted by Crippen LogP contribution is 2.36. The topological polar surface area (TPSA) is 32.3 Å². The maximum Gasteiger partial charge on any atom is 0.0662 e. The van der Waals surface area contributed by atoms with Gasteiger partial charge in [-0.2, -0.15) is 0 Å². The van der Waals surface area contributed by atoms with Crippen LogP contribution in [-0.2, 0) is 0 Å². The molecule has 0 aromatic heterocycles. The van der Waals surface area contributed by atoms with Gasteiger partial charge in [0, 0.05) is 13.1 Å². The van der Waals surface area contributed by atoms with Crippen LogP contribution in [0.3, 0.4) is 0 Å². The van der Waals surface area contributed by atoms with E-state index in [0.717, 1.165) is 19.5 Å². The fourth-order valence-electron chi connectivity index (χ4n) is 2.09. The quantitative estimate of drug-likeness (QED) is 0.686. The van der Waals surface area contributed by atoms with Crippen molar-refractivity contribution >= 4 is 0 Å². The highest BCUT2D eigenvalue weighted by Gasteiger charge is 2.27. The minimum absolute atomic E-state index is 0.162. The Morgan fingerprint density at radius 2 is 2.00 bits per heavy atom. The average molecular weight is 185 g/mol. The number of hydrogen-bond acceptors (Lipinski definition) is 2. The molecule has 1 aliphatic rings. The Hall–Kier alpha value is -0.0800. The summed E-state index contributed by atoms with van der Waals surface area (Å²) in [7, 11) is 0. The van der Waals surface area contributed by atoms with Gasteiger partial charge in [0.1, 0.15) is 0 Å². The largest absolute Gasteiger partial charge is 0.392 e. The van der Waals surface area contributed by atoms with Gasteiger partial charge >= 0.3 is 0 Å². The number of nitrogens with one attached hydrogen (secondary N) is 1. The van der Waals surface area contributed by atoms with Crippen molar-refractivity contribution in [2.75, 3.05) is 13.1 Å². The van der Waals surface area contributed by atoms with E-state index in [0.29, 0.717) is 5.41 Å². The third kappa shape index (κ3) is 3.65. The minimum Gasteiger partial charge on any atom is -0.392 e. The molecule has 0 aromatic rings. The van der Waals surface area contributed by atoms with E-state index in [1.54, 1.807) is 0 Å². The van der Waals surface area contributed by atoms with Gasteiger partial charge in [-0.15, -0.1) is 0 Å². The van der Waals surface area contributed by atoms with Gasteiger partial charge in [0.05, 0.1) is 6.10 Å². The van der Waals surface area contributed by atoms with Crippen molar-refractivity contribution in [2.24, 2.45) is 5.41 Å². The van der Waals surface area contributed by atoms with E-state index in [1.807, 2.05) is 6.92 Å². The summed E-state index contributed by atoms with van der Waals surface area (Å²) in [6, 6.07) is 0. The lowest BCUT2D eigenvalue weighted by molar-refractivity contribution is 0.160. The second kappa shape index (κ2) is 4.97. The second-order valence-corrected chi connectivity index (χ2v) is 4.71. The monoisotopic (exact) mass is 185 g/mol. The molecule has 2 N–H and O–H groups in total. The zero-order valence-corrected chi connectivity index (χ0v) is 8.97. The van der Waals surface area contributed by atoms with Gasteiger partial charge in [0.25, 0.3) is 0 Å². The smallest absolute Gasteiger partial charge is 0.0662 e. The number of rotatable bonds is 5. The predicted octanol–water partition coefficient (Wildman–Crippen LogP) is 1.93. The Morgan fingerprint density at radius 1 is 1.38 bits per heavy atom. The van der Waals surface area contributed by atoms with Crippen LogP contribution in [0.1, 0.15) is 46.0 Å². The van der Waals surface area contributed by atoms with Crippen LogP contribution in [0.15, 0.2) is 0 Å². The number of hydrogen-bond donors (Lipinski definition) is 2. The fraction of sp³-hybridized carbons (Fsp3) is 1.00. The van der Waals surface area contributed by atoms with E-state index in [9.17, 15) is 5.11 Å². The molecule has 1 saturated carbocycles. The summed E-state index contributed by atoms with van der Waals surface area (Å²) in [5.41, 5.74) is 0.507. The third-order valence-corrected chi connectivity index (χ3v) is 3.21. The first-order valence-electron chi connectivity index (χ1n) is 5.55. The van der Waals surface area contributed by atoms with Crippen molar-refractivity contribution in [2.45, 2.75) is 52.1 Å². The van der Waals surface area contributed by atoms with Crippen LogP contribution < -0.4 is 5.32 Å². The standard InChI is InChI=1S/C11H23NO/c1-3-10(13)8-12-9-11(2)6-4-5-7-11/h10,12-13H,3-9H2,1-2H3. The van der Waals surface area contributed by atoms with E-state index in [4.69, 9.17) is 0 Å². The molecular weight excluding hydrogens is 162 g/mol. The highest BCUT2D eigenvalue weighted by molar-refractivity contribution is 4.82. The Kier molecular flexibility index (Phi) is 4.20. The fourth-order valence-corrected chi connectivity index (χ4v) is 2.09. The molecule has 78 valence electrons. The summed E-state index contributed by atoms with van der Waals surface area (Å²) in [6.45, 7) is 6.20. The Balaban J connectivity index is 2.11. The predicted molar refractivity (Wildman–Crippen MR) is 55.7 cm³/mol. The van der Waals surface area contributed by atoms with Gasteiger partial charge in [0.15, 0.2) is 0 Å². The van der Waals surface area contributed by atoms with Crippen LogP contribution in [0.2, 0.25) is 0 Å². The Bertz CT molecular complexity index is 141. The van der Waals surface area contributed by atoms with Crippen molar-refractivity contribution < 1.29 is 5.11 Å². The Morgan fingerprint density at radius 3 is 2.54 bits per heavy atom. The van der Waals surface area contributed by atoms with Crippen LogP contribution in [0.5, 0.6) is 0 Å². The summed E-state index contributed by atoms with van der Waals surface area (Å²) in [4.78, 5) is 0. The van der Waals surface area contributed by atoms with Crippen LogP contribution in [0, 0.1) is 5.41 Å². The molecule has 1 aliphatic carbocycles. The molecule has 0 aliphatic heterocycles. The zero-order chi connectivity index (χ0) is 9.73. The molecular formula is C11H23NO. The molecule has 0 bridgehead atoms. The molecule has 1 fully saturated rings. The second-order valence-electron chi connectivity index (χ2n) is 4.71. The summed E-state index contributed by atoms with van der Waals surface area (Å²) < 4.78 is 0. The van der Waals surface area contributed by atoms with E-state index in [1.165, 1.54) is 25.7 Å². The first-order valence-corrected chi connectivity index (χ1v) is 5.55. The van der Waals surface area contributed by atoms with Crippen molar-refractivity contribution in [3.05, 3.63) is 0 Å². The molecule has 0 spiro atoms. The maximum absolute atomic E-state index is 9.35. The summed E-state index contributed by atoms with van der Waals surface area (Å²) in [5, 5.41) is 12.7. The Labute approximate surface area is 81.7 Å². The average Bonchev–Trinajstić information content (AvgIpc) is 2.52. The van der Waals surface area contributed by atoms with Gasteiger partial charge in [-0.3, -0.25) is 0 Å². The number of aliphatic hydroxyl groups is 1. The zero-order valence-electron chi connectivity index (χ0n) is 8.97. The van der Waals surface area contributed by atoms with Crippen LogP contribution in [0.25, 0.3) is 0 Å². The van der Waals surface area contributed by atoms with Crippen LogP contribution >= 0.6 is 0 Å². The normalized spacial score (nSPS) is 23.3. The molecule has 1 rings (SSSR count). The third-order valence-electron chi connectivity index (χ3n) is 3.21. The maximum atomic E-state index is 9.35. The molecule has 1 atom stereocenters. The molecule has 0 amide bonds. The SMILES string of the molecule is CCC(O)CNCC1(C)CCCC1. The lowest BCUT2D eigenvalue weighted by Gasteiger charge is -2.24. The molecule has 0 aromatic carbocycles. The van der Waals surface area contributed by atoms with E-state index in [2.05, 4.69) is 12.2 Å². The summed E-state index contributed by atoms with van der Waals surface area (Å²) in [6.07, 6.45) is 6.15. The molecule has 13 heavy (non-hydrogen) atoms. The molecule has 0 radical (unpaired) electrons. The van der Waals surface area contributed by atoms with Crippen molar-refractivity contribution in [1.29, 1.82) is 0 Å². The first kappa shape index (κ1) is 11.0. The summed E-state index contributed by atoms with van der Waals surface area (Å²) in [5.74, 6) is 0. The van der Waals surface area contributed by atoms with Crippen molar-refractivity contribution in [3.8, 4) is 0 Å². The van der Waals surface area contributed by atoms with Gasteiger partial charge in [-0.05, 0) is 24.7 Å². The lowest BCUT2D eigenvalue weighted by atomic mass is 9.89. The molecule has 0 saturated heterocycles. The van der Waals surface area contributed by atoms with Gasteiger partial charge < -0.3 is 10.4 Å². The van der Waals surface area contributed by atoms with Gasteiger partial charge in [-0.1, -0.05) is 26.7 Å². The molecule has 2 heteroatoms. The molecule has 2 nitrogen and oxygen atoms in total. The van der Waals surface area contributed by atoms with Gasteiger partial charge in [-0.25, -0.2) is 0 Å². The summed E-state index contributed by atoms with van der Waals surface area (Å²) >= 11 is 0. The highest BCUT2D eigenvalue weighted by atomic mass is 16.3. The van der Waals surface area contributed by atoms with Crippen molar-refractivity contribution in [3.63, 3.8) is 0 Å². The van der Waals surface area contributed by atoms with Crippen molar-refractivity contribution in [1.82, 2.24) is 5.32 Å². The van der Waals surface area contributed by atoms with E-state index in [-0.39, 0.29) is 6.10 Å². The van der Waals surface area contributed by atoms with Gasteiger partial charge in [0.2, 0.25) is 0 Å². The minimum atomic E-state index is -0.162. The van der Waals surface area contributed by atoms with Crippen LogP contribution in [0.4, 0.5) is 0 Å². The van der Waals surface area contributed by atoms with Crippen LogP contribution in [-0.4, -0.2) is 24.3 Å². The molecule has 0 heterocycles. The lowest BCUT2D eigenvalue weighted by Crippen LogP contribution is -2.34.